The van der Waals surface area contributed by atoms with Gasteiger partial charge >= 0.3 is 5.97 Å². The van der Waals surface area contributed by atoms with Crippen molar-refractivity contribution in [1.29, 1.82) is 0 Å². The van der Waals surface area contributed by atoms with Crippen LogP contribution in [0, 0.1) is 11.3 Å². The van der Waals surface area contributed by atoms with Crippen LogP contribution in [0.2, 0.25) is 0 Å². The van der Waals surface area contributed by atoms with E-state index >= 15 is 0 Å². The summed E-state index contributed by atoms with van der Waals surface area (Å²) in [5, 5.41) is 2.90. The number of hydrogen-bond donors (Lipinski definition) is 1. The number of benzene rings is 1. The van der Waals surface area contributed by atoms with Crippen LogP contribution in [0.5, 0.6) is 0 Å². The topological polar surface area (TPSA) is 75.7 Å². The first-order chi connectivity index (χ1) is 12.7. The number of carbonyl (C=O) groups excluding carboxylic acids is 3. The monoisotopic (exact) mass is 374 g/mol. The fraction of sp³-hybridized carbons (Fsp3) is 0.571. The molecule has 1 aromatic rings. The van der Waals surface area contributed by atoms with Crippen molar-refractivity contribution in [3.05, 3.63) is 29.8 Å². The predicted molar refractivity (Wildman–Crippen MR) is 104 cm³/mol. The lowest BCUT2D eigenvalue weighted by molar-refractivity contribution is -0.142. The van der Waals surface area contributed by atoms with Gasteiger partial charge in [-0.15, -0.1) is 0 Å². The van der Waals surface area contributed by atoms with Crippen LogP contribution in [-0.4, -0.2) is 42.4 Å². The van der Waals surface area contributed by atoms with Crippen LogP contribution in [0.3, 0.4) is 0 Å². The van der Waals surface area contributed by atoms with Crippen molar-refractivity contribution < 1.29 is 19.1 Å². The van der Waals surface area contributed by atoms with Gasteiger partial charge in [0, 0.05) is 30.1 Å². The molecule has 2 amide bonds. The predicted octanol–water partition coefficient (Wildman–Crippen LogP) is 3.48. The highest BCUT2D eigenvalue weighted by Crippen LogP contribution is 2.24. The maximum absolute atomic E-state index is 12.5. The first-order valence-electron chi connectivity index (χ1n) is 9.59. The Hall–Kier alpha value is -2.37. The number of amides is 2. The van der Waals surface area contributed by atoms with Crippen LogP contribution in [0.25, 0.3) is 0 Å². The number of esters is 1. The standard InChI is InChI=1S/C21H30N2O4/c1-5-14-27-19(25)16-6-8-17(9-7-16)22-18(24)15-10-12-23(13-11-15)20(26)21(2,3)4/h6-9,15H,5,10-14H2,1-4H3,(H,22,24). The zero-order chi connectivity index (χ0) is 20.0. The van der Waals surface area contributed by atoms with E-state index in [1.807, 2.05) is 32.6 Å². The largest absolute Gasteiger partial charge is 0.462 e. The molecule has 2 rings (SSSR count). The quantitative estimate of drug-likeness (QED) is 0.801. The molecule has 1 aliphatic heterocycles. The number of carbonyl (C=O) groups is 3. The third-order valence-corrected chi connectivity index (χ3v) is 4.62. The molecule has 0 aliphatic carbocycles. The first kappa shape index (κ1) is 20.9. The van der Waals surface area contributed by atoms with Crippen molar-refractivity contribution in [2.75, 3.05) is 25.0 Å². The number of piperidine rings is 1. The second-order valence-electron chi connectivity index (χ2n) is 8.02. The van der Waals surface area contributed by atoms with Gasteiger partial charge in [-0.05, 0) is 43.5 Å². The van der Waals surface area contributed by atoms with Crippen molar-refractivity contribution >= 4 is 23.5 Å². The van der Waals surface area contributed by atoms with Crippen molar-refractivity contribution in [1.82, 2.24) is 4.90 Å². The summed E-state index contributed by atoms with van der Waals surface area (Å²) >= 11 is 0. The number of nitrogens with one attached hydrogen (secondary N) is 1. The Kier molecular flexibility index (Phi) is 6.99. The molecule has 1 aromatic carbocycles. The lowest BCUT2D eigenvalue weighted by Crippen LogP contribution is -2.45. The minimum absolute atomic E-state index is 0.0424. The third kappa shape index (κ3) is 5.81. The van der Waals surface area contributed by atoms with Crippen LogP contribution in [0.15, 0.2) is 24.3 Å². The summed E-state index contributed by atoms with van der Waals surface area (Å²) in [6.07, 6.45) is 2.10. The van der Waals surface area contributed by atoms with Gasteiger partial charge in [-0.2, -0.15) is 0 Å². The summed E-state index contributed by atoms with van der Waals surface area (Å²) in [5.41, 5.74) is 0.727. The Bertz CT molecular complexity index is 668. The van der Waals surface area contributed by atoms with Gasteiger partial charge in [-0.1, -0.05) is 27.7 Å². The van der Waals surface area contributed by atoms with Crippen LogP contribution < -0.4 is 5.32 Å². The average molecular weight is 374 g/mol. The van der Waals surface area contributed by atoms with Gasteiger partial charge in [-0.25, -0.2) is 4.79 Å². The first-order valence-corrected chi connectivity index (χ1v) is 9.59. The molecule has 0 atom stereocenters. The van der Waals surface area contributed by atoms with Crippen molar-refractivity contribution in [3.63, 3.8) is 0 Å². The Morgan fingerprint density at radius 1 is 1.11 bits per heavy atom. The summed E-state index contributed by atoms with van der Waals surface area (Å²) in [4.78, 5) is 38.5. The molecule has 0 radical (unpaired) electrons. The maximum Gasteiger partial charge on any atom is 0.338 e. The van der Waals surface area contributed by atoms with E-state index in [2.05, 4.69) is 5.32 Å². The van der Waals surface area contributed by atoms with E-state index in [1.165, 1.54) is 0 Å². The maximum atomic E-state index is 12.5. The second-order valence-corrected chi connectivity index (χ2v) is 8.02. The Labute approximate surface area is 161 Å². The number of rotatable bonds is 5. The molecule has 1 fully saturated rings. The Morgan fingerprint density at radius 3 is 2.22 bits per heavy atom. The molecule has 6 heteroatoms. The molecule has 0 spiro atoms. The van der Waals surface area contributed by atoms with Gasteiger partial charge in [0.1, 0.15) is 0 Å². The minimum Gasteiger partial charge on any atom is -0.462 e. The van der Waals surface area contributed by atoms with Crippen LogP contribution in [0.4, 0.5) is 5.69 Å². The highest BCUT2D eigenvalue weighted by atomic mass is 16.5. The molecule has 1 heterocycles. The molecule has 0 aromatic heterocycles. The highest BCUT2D eigenvalue weighted by Gasteiger charge is 2.32. The Balaban J connectivity index is 1.86. The lowest BCUT2D eigenvalue weighted by Gasteiger charge is -2.35. The van der Waals surface area contributed by atoms with E-state index in [-0.39, 0.29) is 23.7 Å². The number of nitrogens with zero attached hydrogens (tertiary/aromatic N) is 1. The summed E-state index contributed by atoms with van der Waals surface area (Å²) in [7, 11) is 0. The minimum atomic E-state index is -0.394. The summed E-state index contributed by atoms with van der Waals surface area (Å²) in [6.45, 7) is 9.29. The number of ether oxygens (including phenoxy) is 1. The fourth-order valence-electron chi connectivity index (χ4n) is 3.03. The van der Waals surface area contributed by atoms with E-state index in [9.17, 15) is 14.4 Å². The van der Waals surface area contributed by atoms with Crippen molar-refractivity contribution in [2.24, 2.45) is 11.3 Å². The molecular formula is C21H30N2O4. The van der Waals surface area contributed by atoms with Crippen molar-refractivity contribution in [3.8, 4) is 0 Å². The lowest BCUT2D eigenvalue weighted by atomic mass is 9.90. The molecule has 0 bridgehead atoms. The molecule has 1 N–H and O–H groups in total. The van der Waals surface area contributed by atoms with Crippen LogP contribution in [0.1, 0.15) is 57.3 Å². The summed E-state index contributed by atoms with van der Waals surface area (Å²) < 4.78 is 5.09. The SMILES string of the molecule is CCCOC(=O)c1ccc(NC(=O)C2CCN(C(=O)C(C)(C)C)CC2)cc1. The van der Waals surface area contributed by atoms with Gasteiger partial charge in [0.15, 0.2) is 0 Å². The van der Waals surface area contributed by atoms with E-state index in [1.54, 1.807) is 24.3 Å². The normalized spacial score (nSPS) is 15.3. The van der Waals surface area contributed by atoms with Gasteiger partial charge in [0.2, 0.25) is 11.8 Å². The van der Waals surface area contributed by atoms with Gasteiger partial charge in [0.05, 0.1) is 12.2 Å². The highest BCUT2D eigenvalue weighted by molar-refractivity contribution is 5.94. The molecule has 1 aliphatic rings. The average Bonchev–Trinajstić information content (AvgIpc) is 2.65. The second kappa shape index (κ2) is 9.02. The summed E-state index contributed by atoms with van der Waals surface area (Å²) in [6, 6.07) is 6.72. The molecule has 0 unspecified atom stereocenters. The number of likely N-dealkylation sites (tertiary alicyclic amines) is 1. The van der Waals surface area contributed by atoms with Gasteiger partial charge in [0.25, 0.3) is 0 Å². The number of hydrogen-bond acceptors (Lipinski definition) is 4. The van der Waals surface area contributed by atoms with Crippen LogP contribution in [-0.2, 0) is 14.3 Å². The number of anilines is 1. The molecule has 0 saturated carbocycles. The van der Waals surface area contributed by atoms with E-state index < -0.39 is 5.41 Å². The van der Waals surface area contributed by atoms with Crippen LogP contribution >= 0.6 is 0 Å². The smallest absolute Gasteiger partial charge is 0.338 e. The van der Waals surface area contributed by atoms with Gasteiger partial charge < -0.3 is 15.0 Å². The van der Waals surface area contributed by atoms with E-state index in [4.69, 9.17) is 4.74 Å². The fourth-order valence-corrected chi connectivity index (χ4v) is 3.03. The Morgan fingerprint density at radius 2 is 1.70 bits per heavy atom. The van der Waals surface area contributed by atoms with E-state index in [0.29, 0.717) is 43.8 Å². The van der Waals surface area contributed by atoms with Gasteiger partial charge in [-0.3, -0.25) is 9.59 Å². The van der Waals surface area contributed by atoms with Crippen molar-refractivity contribution in [2.45, 2.75) is 47.0 Å². The third-order valence-electron chi connectivity index (χ3n) is 4.62. The summed E-state index contributed by atoms with van der Waals surface area (Å²) in [5.74, 6) is -0.375. The zero-order valence-electron chi connectivity index (χ0n) is 16.7. The zero-order valence-corrected chi connectivity index (χ0v) is 16.7. The molecule has 1 saturated heterocycles. The molecule has 27 heavy (non-hydrogen) atoms. The van der Waals surface area contributed by atoms with E-state index in [0.717, 1.165) is 6.42 Å². The molecular weight excluding hydrogens is 344 g/mol. The molecule has 148 valence electrons. The molecule has 6 nitrogen and oxygen atoms in total.